The van der Waals surface area contributed by atoms with Gasteiger partial charge in [0, 0.05) is 18.5 Å². The average Bonchev–Trinajstić information content (AvgIpc) is 3.80. The molecule has 0 bridgehead atoms. The van der Waals surface area contributed by atoms with Gasteiger partial charge in [0.25, 0.3) is 0 Å². The molecule has 15 heteroatoms. The van der Waals surface area contributed by atoms with Crippen molar-refractivity contribution >= 4 is 45.2 Å². The van der Waals surface area contributed by atoms with Gasteiger partial charge in [-0.1, -0.05) is 41.4 Å². The van der Waals surface area contributed by atoms with Crippen LogP contribution >= 0.6 is 23.2 Å². The fourth-order valence-electron chi connectivity index (χ4n) is 3.98. The summed E-state index contributed by atoms with van der Waals surface area (Å²) in [5.41, 5.74) is 1.55. The van der Waals surface area contributed by atoms with Gasteiger partial charge in [-0.05, 0) is 54.2 Å². The Morgan fingerprint density at radius 2 is 1.73 bits per heavy atom. The number of ether oxygens (including phenoxy) is 4. The Labute approximate surface area is 262 Å². The van der Waals surface area contributed by atoms with Gasteiger partial charge in [0.2, 0.25) is 10.0 Å². The highest BCUT2D eigenvalue weighted by Crippen LogP contribution is 2.37. The molecule has 1 saturated carbocycles. The van der Waals surface area contributed by atoms with Crippen molar-refractivity contribution in [2.45, 2.75) is 38.5 Å². The molecular weight excluding hydrogens is 645 g/mol. The number of pyridine rings is 1. The molecule has 0 saturated heterocycles. The highest BCUT2D eigenvalue weighted by Gasteiger charge is 2.26. The maximum atomic E-state index is 13.0. The summed E-state index contributed by atoms with van der Waals surface area (Å²) in [5, 5.41) is 0.533. The van der Waals surface area contributed by atoms with E-state index < -0.39 is 41.3 Å². The minimum atomic E-state index is -3.39. The van der Waals surface area contributed by atoms with Gasteiger partial charge < -0.3 is 18.9 Å². The lowest BCUT2D eigenvalue weighted by atomic mass is 10.0. The molecule has 0 unspecified atom stereocenters. The minimum absolute atomic E-state index is 0.00781. The fourth-order valence-corrected chi connectivity index (χ4v) is 4.94. The zero-order valence-electron chi connectivity index (χ0n) is 23.4. The number of aromatic amines is 1. The first-order valence-electron chi connectivity index (χ1n) is 13.3. The second-order valence-electron chi connectivity index (χ2n) is 10.0. The molecule has 2 N–H and O–H groups in total. The zero-order valence-corrected chi connectivity index (χ0v) is 25.7. The van der Waals surface area contributed by atoms with Gasteiger partial charge in [0.05, 0.1) is 18.4 Å². The molecule has 3 aromatic rings. The van der Waals surface area contributed by atoms with Crippen LogP contribution in [0.25, 0.3) is 0 Å². The topological polar surface area (TPSA) is 131 Å². The van der Waals surface area contributed by atoms with Crippen molar-refractivity contribution < 1.29 is 50.7 Å². The minimum Gasteiger partial charge on any atom is -0.489 e. The highest BCUT2D eigenvalue weighted by atomic mass is 35.5. The van der Waals surface area contributed by atoms with Crippen LogP contribution in [0.15, 0.2) is 54.9 Å². The monoisotopic (exact) mass is 673 g/mol. The summed E-state index contributed by atoms with van der Waals surface area (Å²) in [6, 6.07) is 10.1. The van der Waals surface area contributed by atoms with Crippen LogP contribution in [-0.2, 0) is 37.3 Å². The largest absolute Gasteiger partial charge is 0.489 e. The first kappa shape index (κ1) is 33.4. The Morgan fingerprint density at radius 3 is 2.34 bits per heavy atom. The van der Waals surface area contributed by atoms with Crippen LogP contribution in [0.2, 0.25) is 10.0 Å². The van der Waals surface area contributed by atoms with E-state index >= 15 is 0 Å². The summed E-state index contributed by atoms with van der Waals surface area (Å²) in [7, 11) is -3.39. The summed E-state index contributed by atoms with van der Waals surface area (Å²) in [5.74, 6) is -1.52. The Balaban J connectivity index is 1.48. The summed E-state index contributed by atoms with van der Waals surface area (Å²) in [6.07, 6.45) is 4.91. The maximum Gasteiger partial charge on any atom is 0.387 e. The smallest absolute Gasteiger partial charge is 0.387 e. The Morgan fingerprint density at radius 1 is 1.05 bits per heavy atom. The van der Waals surface area contributed by atoms with Crippen molar-refractivity contribution in [2.24, 2.45) is 5.92 Å². The molecular formula is C29H29Cl2F2N2O8S+. The third-order valence-corrected chi connectivity index (χ3v) is 7.78. The second kappa shape index (κ2) is 15.0. The molecule has 1 aliphatic carbocycles. The molecule has 1 aliphatic rings. The van der Waals surface area contributed by atoms with Gasteiger partial charge in [-0.3, -0.25) is 0 Å². The summed E-state index contributed by atoms with van der Waals surface area (Å²) < 4.78 is 72.2. The molecule has 0 spiro atoms. The van der Waals surface area contributed by atoms with Crippen molar-refractivity contribution in [3.63, 3.8) is 0 Å². The third-order valence-electron chi connectivity index (χ3n) is 6.44. The van der Waals surface area contributed by atoms with Crippen LogP contribution in [-0.4, -0.2) is 46.4 Å². The van der Waals surface area contributed by atoms with E-state index in [1.807, 2.05) is 0 Å². The van der Waals surface area contributed by atoms with Crippen LogP contribution < -0.4 is 19.2 Å². The maximum absolute atomic E-state index is 13.0. The van der Waals surface area contributed by atoms with Crippen molar-refractivity contribution in [3.8, 4) is 11.5 Å². The Kier molecular flexibility index (Phi) is 11.4. The van der Waals surface area contributed by atoms with Crippen molar-refractivity contribution in [1.29, 1.82) is 0 Å². The van der Waals surface area contributed by atoms with Crippen molar-refractivity contribution in [3.05, 3.63) is 87.2 Å². The number of nitrogens with one attached hydrogen (secondary N) is 2. The quantitative estimate of drug-likeness (QED) is 0.225. The van der Waals surface area contributed by atoms with Gasteiger partial charge in [-0.25, -0.2) is 27.7 Å². The number of rotatable bonds is 15. The van der Waals surface area contributed by atoms with E-state index in [4.69, 9.17) is 37.4 Å². The molecule has 0 radical (unpaired) electrons. The molecule has 1 aromatic heterocycles. The van der Waals surface area contributed by atoms with E-state index in [1.165, 1.54) is 54.9 Å². The van der Waals surface area contributed by atoms with Crippen molar-refractivity contribution in [1.82, 2.24) is 4.72 Å². The molecule has 0 amide bonds. The van der Waals surface area contributed by atoms with E-state index in [0.29, 0.717) is 29.2 Å². The van der Waals surface area contributed by atoms with Crippen LogP contribution in [0.5, 0.6) is 11.5 Å². The Hall–Kier alpha value is -3.52. The number of alkyl halides is 2. The average molecular weight is 675 g/mol. The van der Waals surface area contributed by atoms with E-state index in [1.54, 1.807) is 0 Å². The Bertz CT molecular complexity index is 1570. The zero-order chi connectivity index (χ0) is 31.9. The second-order valence-corrected chi connectivity index (χ2v) is 12.7. The lowest BCUT2D eigenvalue weighted by Gasteiger charge is -2.21. The summed E-state index contributed by atoms with van der Waals surface area (Å²) in [4.78, 5) is 28.2. The molecule has 1 atom stereocenters. The lowest BCUT2D eigenvalue weighted by Crippen LogP contribution is -2.21. The predicted octanol–water partition coefficient (Wildman–Crippen LogP) is 4.93. The highest BCUT2D eigenvalue weighted by molar-refractivity contribution is 7.88. The standard InChI is InChI=1S/C29H28Cl2F2N2O8S/c1-44(38,39)35-12-17-4-6-19(7-5-17)28(37)41-16-27(36)42-25(11-21-22(30)13-34-14-23(21)31)20-8-9-24(43-29(32)33)26(10-20)40-15-18-2-3-18/h4-10,13-14,18,25,29,35H,2-3,11-12,15-16H2,1H3/p+1/t25-/m0/s1. The van der Waals surface area contributed by atoms with Crippen LogP contribution in [0.1, 0.15) is 46.0 Å². The fraction of sp³-hybridized carbons (Fsp3) is 0.345. The van der Waals surface area contributed by atoms with E-state index in [9.17, 15) is 26.8 Å². The SMILES string of the molecule is CS(=O)(=O)NCc1ccc(C(=O)OCC(=O)O[C@@H](Cc2c(Cl)c[nH+]cc2Cl)c2ccc(OC(F)F)c(OCC3CC3)c2)cc1. The van der Waals surface area contributed by atoms with Crippen molar-refractivity contribution in [2.75, 3.05) is 19.5 Å². The molecule has 10 nitrogen and oxygen atoms in total. The number of carbonyl (C=O) groups is 2. The number of sulfonamides is 1. The molecule has 0 aliphatic heterocycles. The number of carbonyl (C=O) groups excluding carboxylic acids is 2. The number of hydrogen-bond donors (Lipinski definition) is 1. The number of aromatic nitrogens is 1. The number of H-pyrrole nitrogens is 1. The van der Waals surface area contributed by atoms with Crippen LogP contribution in [0.3, 0.4) is 0 Å². The van der Waals surface area contributed by atoms with Gasteiger partial charge in [0.15, 0.2) is 30.5 Å². The third kappa shape index (κ3) is 10.3. The van der Waals surface area contributed by atoms with E-state index in [2.05, 4.69) is 14.4 Å². The normalized spacial score (nSPS) is 13.8. The number of hydrogen-bond acceptors (Lipinski definition) is 8. The van der Waals surface area contributed by atoms with Gasteiger partial charge in [0.1, 0.15) is 16.1 Å². The van der Waals surface area contributed by atoms with Crippen LogP contribution in [0, 0.1) is 5.92 Å². The molecule has 1 fully saturated rings. The van der Waals surface area contributed by atoms with Gasteiger partial charge in [-0.15, -0.1) is 0 Å². The van der Waals surface area contributed by atoms with E-state index in [0.717, 1.165) is 19.1 Å². The first-order valence-corrected chi connectivity index (χ1v) is 16.0. The molecule has 2 aromatic carbocycles. The predicted molar refractivity (Wildman–Crippen MR) is 155 cm³/mol. The molecule has 1 heterocycles. The number of benzene rings is 2. The lowest BCUT2D eigenvalue weighted by molar-refractivity contribution is -0.377. The number of halogens is 4. The van der Waals surface area contributed by atoms with Gasteiger partial charge >= 0.3 is 18.6 Å². The summed E-state index contributed by atoms with van der Waals surface area (Å²) in [6.45, 7) is -3.47. The first-order chi connectivity index (χ1) is 20.9. The molecule has 4 rings (SSSR count). The van der Waals surface area contributed by atoms with Gasteiger partial charge in [-0.2, -0.15) is 8.78 Å². The number of esters is 2. The molecule has 44 heavy (non-hydrogen) atoms. The van der Waals surface area contributed by atoms with E-state index in [-0.39, 0.29) is 40.1 Å². The summed E-state index contributed by atoms with van der Waals surface area (Å²) >= 11 is 12.7. The van der Waals surface area contributed by atoms with Crippen LogP contribution in [0.4, 0.5) is 8.78 Å². The molecule has 236 valence electrons.